The molecule has 0 saturated carbocycles. The van der Waals surface area contributed by atoms with Gasteiger partial charge in [-0.1, -0.05) is 0 Å². The van der Waals surface area contributed by atoms with E-state index in [9.17, 15) is 8.78 Å². The zero-order valence-corrected chi connectivity index (χ0v) is 8.72. The third kappa shape index (κ3) is 2.47. The number of hydrogen-bond acceptors (Lipinski definition) is 5. The molecular formula is C9H10F2N6. The molecule has 0 aliphatic heterocycles. The SMILES string of the molecule is Nc1nc(N)n(Cc2ccnc(C(F)F)c2)n1. The van der Waals surface area contributed by atoms with Crippen LogP contribution < -0.4 is 11.5 Å². The predicted molar refractivity (Wildman–Crippen MR) is 57.1 cm³/mol. The Kier molecular flexibility index (Phi) is 2.86. The van der Waals surface area contributed by atoms with Crippen LogP contribution in [0.3, 0.4) is 0 Å². The molecule has 90 valence electrons. The Morgan fingerprint density at radius 3 is 2.71 bits per heavy atom. The van der Waals surface area contributed by atoms with Gasteiger partial charge in [0.05, 0.1) is 6.54 Å². The number of pyridine rings is 1. The Hall–Kier alpha value is -2.25. The lowest BCUT2D eigenvalue weighted by Gasteiger charge is -2.04. The monoisotopic (exact) mass is 240 g/mol. The molecule has 0 saturated heterocycles. The van der Waals surface area contributed by atoms with E-state index >= 15 is 0 Å². The van der Waals surface area contributed by atoms with Crippen molar-refractivity contribution in [3.63, 3.8) is 0 Å². The summed E-state index contributed by atoms with van der Waals surface area (Å²) < 4.78 is 26.2. The van der Waals surface area contributed by atoms with Gasteiger partial charge < -0.3 is 11.5 Å². The summed E-state index contributed by atoms with van der Waals surface area (Å²) in [7, 11) is 0. The Bertz CT molecular complexity index is 524. The minimum atomic E-state index is -2.60. The second-order valence-electron chi connectivity index (χ2n) is 3.38. The number of aromatic nitrogens is 4. The molecule has 2 rings (SSSR count). The molecule has 0 unspecified atom stereocenters. The van der Waals surface area contributed by atoms with Crippen molar-refractivity contribution in [1.29, 1.82) is 0 Å². The number of nitrogens with two attached hydrogens (primary N) is 2. The van der Waals surface area contributed by atoms with Gasteiger partial charge in [0, 0.05) is 6.20 Å². The van der Waals surface area contributed by atoms with Crippen LogP contribution in [0.1, 0.15) is 17.7 Å². The fourth-order valence-electron chi connectivity index (χ4n) is 1.37. The molecular weight excluding hydrogens is 230 g/mol. The minimum absolute atomic E-state index is 0.0469. The molecule has 2 aromatic heterocycles. The van der Waals surface area contributed by atoms with E-state index in [1.807, 2.05) is 0 Å². The standard InChI is InChI=1S/C9H10F2N6/c10-7(11)6-3-5(1-2-14-6)4-17-9(13)15-8(12)16-17/h1-3,7H,4H2,(H4,12,13,15,16). The quantitative estimate of drug-likeness (QED) is 0.828. The van der Waals surface area contributed by atoms with Crippen LogP contribution in [-0.4, -0.2) is 19.7 Å². The molecule has 0 aliphatic carbocycles. The van der Waals surface area contributed by atoms with Gasteiger partial charge in [0.1, 0.15) is 5.69 Å². The fourth-order valence-corrected chi connectivity index (χ4v) is 1.37. The molecule has 2 heterocycles. The van der Waals surface area contributed by atoms with Crippen LogP contribution in [0.25, 0.3) is 0 Å². The molecule has 0 spiro atoms. The molecule has 0 bridgehead atoms. The summed E-state index contributed by atoms with van der Waals surface area (Å²) in [4.78, 5) is 7.27. The maximum Gasteiger partial charge on any atom is 0.280 e. The van der Waals surface area contributed by atoms with E-state index in [0.29, 0.717) is 5.56 Å². The third-order valence-electron chi connectivity index (χ3n) is 2.12. The summed E-state index contributed by atoms with van der Waals surface area (Å²) in [5.41, 5.74) is 11.2. The highest BCUT2D eigenvalue weighted by Gasteiger charge is 2.10. The van der Waals surface area contributed by atoms with Crippen LogP contribution in [-0.2, 0) is 6.54 Å². The molecule has 4 N–H and O–H groups in total. The van der Waals surface area contributed by atoms with E-state index in [1.54, 1.807) is 6.07 Å². The number of hydrogen-bond donors (Lipinski definition) is 2. The van der Waals surface area contributed by atoms with Crippen molar-refractivity contribution < 1.29 is 8.78 Å². The molecule has 0 fully saturated rings. The van der Waals surface area contributed by atoms with Crippen LogP contribution in [0.4, 0.5) is 20.7 Å². The van der Waals surface area contributed by atoms with Crippen molar-refractivity contribution in [2.75, 3.05) is 11.5 Å². The van der Waals surface area contributed by atoms with Gasteiger partial charge in [0.25, 0.3) is 6.43 Å². The number of anilines is 2. The minimum Gasteiger partial charge on any atom is -0.368 e. The largest absolute Gasteiger partial charge is 0.368 e. The summed E-state index contributed by atoms with van der Waals surface area (Å²) in [6, 6.07) is 2.89. The van der Waals surface area contributed by atoms with Crippen molar-refractivity contribution in [2.24, 2.45) is 0 Å². The second-order valence-corrected chi connectivity index (χ2v) is 3.38. The van der Waals surface area contributed by atoms with Gasteiger partial charge in [0.2, 0.25) is 11.9 Å². The lowest BCUT2D eigenvalue weighted by atomic mass is 10.2. The number of nitrogens with zero attached hydrogens (tertiary/aromatic N) is 4. The first kappa shape index (κ1) is 11.2. The zero-order chi connectivity index (χ0) is 12.4. The van der Waals surface area contributed by atoms with E-state index < -0.39 is 6.43 Å². The molecule has 6 nitrogen and oxygen atoms in total. The Morgan fingerprint density at radius 1 is 1.35 bits per heavy atom. The highest BCUT2D eigenvalue weighted by atomic mass is 19.3. The Labute approximate surface area is 95.3 Å². The van der Waals surface area contributed by atoms with Crippen molar-refractivity contribution in [2.45, 2.75) is 13.0 Å². The number of halogens is 2. The maximum atomic E-state index is 12.4. The van der Waals surface area contributed by atoms with Crippen LogP contribution in [0.15, 0.2) is 18.3 Å². The molecule has 2 aromatic rings. The van der Waals surface area contributed by atoms with Gasteiger partial charge in [0.15, 0.2) is 0 Å². The first-order chi connectivity index (χ1) is 8.06. The Balaban J connectivity index is 2.24. The van der Waals surface area contributed by atoms with Gasteiger partial charge in [-0.15, -0.1) is 5.10 Å². The fraction of sp³-hybridized carbons (Fsp3) is 0.222. The molecule has 8 heteroatoms. The maximum absolute atomic E-state index is 12.4. The average molecular weight is 240 g/mol. The van der Waals surface area contributed by atoms with Crippen molar-refractivity contribution >= 4 is 11.9 Å². The smallest absolute Gasteiger partial charge is 0.280 e. The summed E-state index contributed by atoms with van der Waals surface area (Å²) in [6.45, 7) is 0.221. The average Bonchev–Trinajstić information content (AvgIpc) is 2.58. The second kappa shape index (κ2) is 4.32. The van der Waals surface area contributed by atoms with Crippen LogP contribution in [0.5, 0.6) is 0 Å². The topological polar surface area (TPSA) is 95.6 Å². The molecule has 0 amide bonds. The van der Waals surface area contributed by atoms with E-state index in [2.05, 4.69) is 15.1 Å². The van der Waals surface area contributed by atoms with E-state index in [4.69, 9.17) is 11.5 Å². The summed E-state index contributed by atoms with van der Waals surface area (Å²) in [5, 5.41) is 3.83. The normalized spacial score (nSPS) is 11.0. The van der Waals surface area contributed by atoms with Crippen molar-refractivity contribution in [1.82, 2.24) is 19.7 Å². The number of nitrogen functional groups attached to an aromatic ring is 2. The highest BCUT2D eigenvalue weighted by Crippen LogP contribution is 2.17. The number of rotatable bonds is 3. The van der Waals surface area contributed by atoms with Crippen LogP contribution >= 0.6 is 0 Å². The van der Waals surface area contributed by atoms with Crippen molar-refractivity contribution in [3.8, 4) is 0 Å². The molecule has 0 atom stereocenters. The van der Waals surface area contributed by atoms with Crippen LogP contribution in [0, 0.1) is 0 Å². The lowest BCUT2D eigenvalue weighted by Crippen LogP contribution is -2.07. The zero-order valence-electron chi connectivity index (χ0n) is 8.72. The lowest BCUT2D eigenvalue weighted by molar-refractivity contribution is 0.146. The highest BCUT2D eigenvalue weighted by molar-refractivity contribution is 5.28. The molecule has 17 heavy (non-hydrogen) atoms. The van der Waals surface area contributed by atoms with Crippen molar-refractivity contribution in [3.05, 3.63) is 29.6 Å². The van der Waals surface area contributed by atoms with Gasteiger partial charge >= 0.3 is 0 Å². The summed E-state index contributed by atoms with van der Waals surface area (Å²) >= 11 is 0. The van der Waals surface area contributed by atoms with E-state index in [1.165, 1.54) is 16.9 Å². The number of alkyl halides is 2. The summed E-state index contributed by atoms with van der Waals surface area (Å²) in [5.74, 6) is 0.184. The molecule has 0 aromatic carbocycles. The predicted octanol–water partition coefficient (Wildman–Crippen LogP) is 0.823. The third-order valence-corrected chi connectivity index (χ3v) is 2.12. The van der Waals surface area contributed by atoms with Gasteiger partial charge in [-0.3, -0.25) is 4.98 Å². The summed E-state index contributed by atoms with van der Waals surface area (Å²) in [6.07, 6.45) is -1.29. The Morgan fingerprint density at radius 2 is 2.12 bits per heavy atom. The van der Waals surface area contributed by atoms with Gasteiger partial charge in [-0.25, -0.2) is 13.5 Å². The first-order valence-electron chi connectivity index (χ1n) is 4.75. The van der Waals surface area contributed by atoms with E-state index in [0.717, 1.165) is 0 Å². The van der Waals surface area contributed by atoms with E-state index in [-0.39, 0.29) is 24.1 Å². The van der Waals surface area contributed by atoms with Gasteiger partial charge in [-0.2, -0.15) is 4.98 Å². The van der Waals surface area contributed by atoms with Crippen LogP contribution in [0.2, 0.25) is 0 Å². The van der Waals surface area contributed by atoms with Gasteiger partial charge in [-0.05, 0) is 17.7 Å². The first-order valence-corrected chi connectivity index (χ1v) is 4.75. The molecule has 0 aliphatic rings. The molecule has 0 radical (unpaired) electrons.